The lowest BCUT2D eigenvalue weighted by Gasteiger charge is -2.33. The molecule has 13 heteroatoms. The zero-order chi connectivity index (χ0) is 32.1. The summed E-state index contributed by atoms with van der Waals surface area (Å²) in [5.74, 6) is -2.92. The third kappa shape index (κ3) is 9.77. The molecule has 4 atom stereocenters. The fraction of sp³-hybridized carbons (Fsp3) is 0.567. The Bertz CT molecular complexity index is 1290. The van der Waals surface area contributed by atoms with E-state index in [9.17, 15) is 37.5 Å². The summed E-state index contributed by atoms with van der Waals surface area (Å²) in [6.07, 6.45) is -3.16. The smallest absolute Gasteiger partial charge is 0.416 e. The van der Waals surface area contributed by atoms with Crippen molar-refractivity contribution in [1.82, 2.24) is 15.2 Å². The van der Waals surface area contributed by atoms with E-state index in [0.29, 0.717) is 10.6 Å². The maximum absolute atomic E-state index is 13.2. The molecule has 0 aliphatic heterocycles. The van der Waals surface area contributed by atoms with Crippen molar-refractivity contribution in [3.8, 4) is 0 Å². The van der Waals surface area contributed by atoms with Crippen LogP contribution in [0.25, 0.3) is 0 Å². The van der Waals surface area contributed by atoms with E-state index >= 15 is 0 Å². The number of aliphatic carboxylic acids is 1. The summed E-state index contributed by atoms with van der Waals surface area (Å²) in [4.78, 5) is 55.6. The van der Waals surface area contributed by atoms with Crippen molar-refractivity contribution in [1.29, 1.82) is 0 Å². The van der Waals surface area contributed by atoms with Crippen molar-refractivity contribution in [2.75, 3.05) is 7.05 Å². The molecular formula is C30H38F3N3O6S. The van der Waals surface area contributed by atoms with E-state index in [0.717, 1.165) is 36.3 Å². The normalized spacial score (nSPS) is 16.2. The van der Waals surface area contributed by atoms with Gasteiger partial charge < -0.3 is 20.1 Å². The molecule has 2 amide bonds. The maximum Gasteiger partial charge on any atom is 0.416 e. The average molecular weight is 626 g/mol. The Balaban J connectivity index is 1.78. The van der Waals surface area contributed by atoms with E-state index in [-0.39, 0.29) is 48.7 Å². The van der Waals surface area contributed by atoms with Crippen molar-refractivity contribution < 1.29 is 42.2 Å². The highest BCUT2D eigenvalue weighted by Crippen LogP contribution is 2.35. The number of aromatic nitrogens is 1. The molecule has 0 radical (unpaired) electrons. The first-order valence-electron chi connectivity index (χ1n) is 14.2. The largest absolute Gasteiger partial charge is 0.481 e. The number of esters is 1. The topological polar surface area (TPSA) is 126 Å². The number of amides is 2. The second-order valence-electron chi connectivity index (χ2n) is 11.5. The lowest BCUT2D eigenvalue weighted by atomic mass is 9.95. The Morgan fingerprint density at radius 3 is 2.26 bits per heavy atom. The number of thiazole rings is 1. The second kappa shape index (κ2) is 14.3. The zero-order valence-electron chi connectivity index (χ0n) is 24.8. The number of hydrogen-bond acceptors (Lipinski definition) is 7. The number of nitrogens with zero attached hydrogens (tertiary/aromatic N) is 2. The van der Waals surface area contributed by atoms with Crippen LogP contribution in [-0.2, 0) is 31.7 Å². The van der Waals surface area contributed by atoms with Gasteiger partial charge in [-0.25, -0.2) is 4.98 Å². The Kier molecular flexibility index (Phi) is 11.3. The molecule has 236 valence electrons. The molecule has 1 fully saturated rings. The number of rotatable bonds is 14. The van der Waals surface area contributed by atoms with Crippen LogP contribution in [0, 0.1) is 17.8 Å². The minimum Gasteiger partial charge on any atom is -0.481 e. The number of ether oxygens (including phenoxy) is 1. The SMILES string of the molecule is CC(=O)OC(CC(C(C)C)N(C)C(=O)C1CC1)c1nc(C(=O)N[C@@H](Cc2ccc(C(F)(F)F)cc2)CC(C)C(=O)O)cs1. The maximum atomic E-state index is 13.2. The van der Waals surface area contributed by atoms with Crippen LogP contribution in [-0.4, -0.2) is 57.9 Å². The Morgan fingerprint density at radius 1 is 1.12 bits per heavy atom. The molecule has 1 saturated carbocycles. The Hall–Kier alpha value is -3.48. The van der Waals surface area contributed by atoms with Crippen molar-refractivity contribution in [3.05, 3.63) is 51.5 Å². The number of halogens is 3. The summed E-state index contributed by atoms with van der Waals surface area (Å²) in [6.45, 7) is 6.70. The summed E-state index contributed by atoms with van der Waals surface area (Å²) >= 11 is 1.12. The fourth-order valence-electron chi connectivity index (χ4n) is 4.91. The average Bonchev–Trinajstić information content (AvgIpc) is 3.65. The quantitative estimate of drug-likeness (QED) is 0.266. The van der Waals surface area contributed by atoms with Crippen LogP contribution >= 0.6 is 11.3 Å². The number of carbonyl (C=O) groups is 4. The lowest BCUT2D eigenvalue weighted by Crippen LogP contribution is -2.42. The highest BCUT2D eigenvalue weighted by molar-refractivity contribution is 7.09. The molecule has 43 heavy (non-hydrogen) atoms. The van der Waals surface area contributed by atoms with Crippen molar-refractivity contribution in [2.24, 2.45) is 17.8 Å². The monoisotopic (exact) mass is 625 g/mol. The predicted octanol–water partition coefficient (Wildman–Crippen LogP) is 5.50. The second-order valence-corrected chi connectivity index (χ2v) is 12.4. The first-order valence-corrected chi connectivity index (χ1v) is 15.0. The van der Waals surface area contributed by atoms with Crippen molar-refractivity contribution in [2.45, 2.75) is 84.2 Å². The van der Waals surface area contributed by atoms with Crippen LogP contribution < -0.4 is 5.32 Å². The van der Waals surface area contributed by atoms with E-state index in [1.807, 2.05) is 13.8 Å². The Morgan fingerprint density at radius 2 is 1.74 bits per heavy atom. The van der Waals surface area contributed by atoms with Gasteiger partial charge in [-0.2, -0.15) is 13.2 Å². The summed E-state index contributed by atoms with van der Waals surface area (Å²) < 4.78 is 44.5. The molecular weight excluding hydrogens is 587 g/mol. The van der Waals surface area contributed by atoms with E-state index in [1.165, 1.54) is 31.4 Å². The van der Waals surface area contributed by atoms with Crippen LogP contribution in [0.15, 0.2) is 29.6 Å². The lowest BCUT2D eigenvalue weighted by molar-refractivity contribution is -0.148. The van der Waals surface area contributed by atoms with Gasteiger partial charge in [-0.3, -0.25) is 19.2 Å². The summed E-state index contributed by atoms with van der Waals surface area (Å²) in [5.41, 5.74) is -0.286. The van der Waals surface area contributed by atoms with E-state index in [1.54, 1.807) is 11.9 Å². The molecule has 2 aromatic rings. The first kappa shape index (κ1) is 34.0. The molecule has 1 aliphatic carbocycles. The van der Waals surface area contributed by atoms with Gasteiger partial charge >= 0.3 is 18.1 Å². The van der Waals surface area contributed by atoms with E-state index in [2.05, 4.69) is 10.3 Å². The minimum atomic E-state index is -4.49. The zero-order valence-corrected chi connectivity index (χ0v) is 25.6. The first-order chi connectivity index (χ1) is 20.1. The van der Waals surface area contributed by atoms with Gasteiger partial charge in [0.05, 0.1) is 11.5 Å². The molecule has 1 aromatic heterocycles. The number of nitrogens with one attached hydrogen (secondary N) is 1. The minimum absolute atomic E-state index is 0.0213. The molecule has 0 bridgehead atoms. The number of carbonyl (C=O) groups excluding carboxylic acids is 3. The highest BCUT2D eigenvalue weighted by atomic mass is 32.1. The molecule has 3 unspecified atom stereocenters. The van der Waals surface area contributed by atoms with Gasteiger partial charge in [-0.15, -0.1) is 11.3 Å². The van der Waals surface area contributed by atoms with Gasteiger partial charge in [0.25, 0.3) is 5.91 Å². The van der Waals surface area contributed by atoms with Gasteiger partial charge in [0, 0.05) is 43.8 Å². The molecule has 1 aliphatic rings. The molecule has 2 N–H and O–H groups in total. The summed E-state index contributed by atoms with van der Waals surface area (Å²) in [5, 5.41) is 14.1. The van der Waals surface area contributed by atoms with E-state index < -0.39 is 47.6 Å². The van der Waals surface area contributed by atoms with Gasteiger partial charge in [-0.1, -0.05) is 32.9 Å². The van der Waals surface area contributed by atoms with Gasteiger partial charge in [0.2, 0.25) is 5.91 Å². The molecule has 1 aromatic carbocycles. The third-order valence-electron chi connectivity index (χ3n) is 7.49. The van der Waals surface area contributed by atoms with E-state index in [4.69, 9.17) is 4.74 Å². The van der Waals surface area contributed by atoms with Crippen LogP contribution in [0.4, 0.5) is 13.2 Å². The summed E-state index contributed by atoms with van der Waals surface area (Å²) in [7, 11) is 1.74. The van der Waals surface area contributed by atoms with Crippen molar-refractivity contribution in [3.63, 3.8) is 0 Å². The molecule has 9 nitrogen and oxygen atoms in total. The number of alkyl halides is 3. The number of hydrogen-bond donors (Lipinski definition) is 2. The third-order valence-corrected chi connectivity index (χ3v) is 8.43. The highest BCUT2D eigenvalue weighted by Gasteiger charge is 2.37. The predicted molar refractivity (Wildman–Crippen MR) is 153 cm³/mol. The molecule has 3 rings (SSSR count). The van der Waals surface area contributed by atoms with Gasteiger partial charge in [0.15, 0.2) is 6.10 Å². The molecule has 0 saturated heterocycles. The molecule has 1 heterocycles. The van der Waals surface area contributed by atoms with Crippen LogP contribution in [0.3, 0.4) is 0 Å². The number of benzene rings is 1. The molecule has 0 spiro atoms. The van der Waals surface area contributed by atoms with Crippen LogP contribution in [0.1, 0.15) is 86.1 Å². The van der Waals surface area contributed by atoms with Gasteiger partial charge in [0.1, 0.15) is 10.7 Å². The summed E-state index contributed by atoms with van der Waals surface area (Å²) in [6, 6.07) is 3.53. The fourth-order valence-corrected chi connectivity index (χ4v) is 5.75. The van der Waals surface area contributed by atoms with Crippen LogP contribution in [0.5, 0.6) is 0 Å². The van der Waals surface area contributed by atoms with Gasteiger partial charge in [-0.05, 0) is 49.3 Å². The number of carboxylic acids is 1. The van der Waals surface area contributed by atoms with Crippen LogP contribution in [0.2, 0.25) is 0 Å². The number of carboxylic acid groups (broad SMARTS) is 1. The Labute approximate surface area is 252 Å². The van der Waals surface area contributed by atoms with Crippen molar-refractivity contribution >= 4 is 35.1 Å². The standard InChI is InChI=1S/C30H38F3N3O6S/c1-16(2)24(36(5)28(39)20-8-9-20)14-25(42-18(4)37)27-35-23(15-43-27)26(38)34-22(12-17(3)29(40)41)13-19-6-10-21(11-7-19)30(31,32)33/h6-7,10-11,15-17,20,22,24-25H,8-9,12-14H2,1-5H3,(H,34,38)(H,40,41)/t17?,22-,24?,25?/m1/s1.